The van der Waals surface area contributed by atoms with Crippen LogP contribution in [0.4, 0.5) is 11.4 Å². The number of ether oxygens (including phenoxy) is 2. The SMILES string of the molecule is CO[C@@H]1C[C@H](C(=O)Nc2ccc(N3CCOCC3=O)cc2)N(C(=O)/C=C/c2ccc(Cl)c(Cl)c2)C1. The molecule has 2 aliphatic heterocycles. The van der Waals surface area contributed by atoms with Gasteiger partial charge in [-0.3, -0.25) is 14.4 Å². The summed E-state index contributed by atoms with van der Waals surface area (Å²) in [6, 6.07) is 11.4. The van der Waals surface area contributed by atoms with Gasteiger partial charge in [0.05, 0.1) is 22.8 Å². The number of halogens is 2. The molecule has 2 atom stereocenters. The number of amides is 3. The lowest BCUT2D eigenvalue weighted by atomic mass is 10.1. The molecule has 10 heteroatoms. The number of hydrogen-bond donors (Lipinski definition) is 1. The fraction of sp³-hybridized carbons (Fsp3) is 0.320. The molecule has 0 radical (unpaired) electrons. The summed E-state index contributed by atoms with van der Waals surface area (Å²) in [4.78, 5) is 41.2. The lowest BCUT2D eigenvalue weighted by Gasteiger charge is -2.27. The van der Waals surface area contributed by atoms with Crippen LogP contribution < -0.4 is 10.2 Å². The Hall–Kier alpha value is -2.91. The molecule has 0 aliphatic carbocycles. The van der Waals surface area contributed by atoms with Gasteiger partial charge in [0, 0.05) is 44.1 Å². The van der Waals surface area contributed by atoms with Gasteiger partial charge >= 0.3 is 0 Å². The number of nitrogens with zero attached hydrogens (tertiary/aromatic N) is 2. The van der Waals surface area contributed by atoms with Crippen molar-refractivity contribution in [2.24, 2.45) is 0 Å². The molecule has 1 N–H and O–H groups in total. The summed E-state index contributed by atoms with van der Waals surface area (Å²) < 4.78 is 10.6. The van der Waals surface area contributed by atoms with Crippen LogP contribution >= 0.6 is 23.2 Å². The van der Waals surface area contributed by atoms with E-state index < -0.39 is 6.04 Å². The van der Waals surface area contributed by atoms with E-state index in [1.54, 1.807) is 60.6 Å². The van der Waals surface area contributed by atoms with Gasteiger partial charge < -0.3 is 24.6 Å². The zero-order valence-electron chi connectivity index (χ0n) is 19.1. The average molecular weight is 518 g/mol. The summed E-state index contributed by atoms with van der Waals surface area (Å²) >= 11 is 12.0. The van der Waals surface area contributed by atoms with Crippen molar-refractivity contribution in [3.05, 3.63) is 64.1 Å². The Morgan fingerprint density at radius 2 is 1.91 bits per heavy atom. The van der Waals surface area contributed by atoms with E-state index in [2.05, 4.69) is 5.32 Å². The molecule has 2 saturated heterocycles. The van der Waals surface area contributed by atoms with Crippen molar-refractivity contribution in [3.63, 3.8) is 0 Å². The number of carbonyl (C=O) groups is 3. The molecular weight excluding hydrogens is 493 g/mol. The minimum Gasteiger partial charge on any atom is -0.380 e. The normalized spacial score (nSPS) is 20.5. The molecule has 3 amide bonds. The highest BCUT2D eigenvalue weighted by atomic mass is 35.5. The summed E-state index contributed by atoms with van der Waals surface area (Å²) in [5.41, 5.74) is 2.02. The summed E-state index contributed by atoms with van der Waals surface area (Å²) in [5, 5.41) is 3.69. The minimum absolute atomic E-state index is 0.0597. The molecular formula is C25H25Cl2N3O5. The summed E-state index contributed by atoms with van der Waals surface area (Å²) in [7, 11) is 1.56. The second-order valence-corrected chi connectivity index (χ2v) is 9.06. The molecule has 35 heavy (non-hydrogen) atoms. The third-order valence-electron chi connectivity index (χ3n) is 5.98. The van der Waals surface area contributed by atoms with E-state index in [9.17, 15) is 14.4 Å². The number of nitrogens with one attached hydrogen (secondary N) is 1. The van der Waals surface area contributed by atoms with Crippen LogP contribution in [0.3, 0.4) is 0 Å². The lowest BCUT2D eigenvalue weighted by molar-refractivity contribution is -0.132. The number of benzene rings is 2. The van der Waals surface area contributed by atoms with Crippen LogP contribution in [0.25, 0.3) is 6.08 Å². The number of rotatable bonds is 6. The first-order valence-corrected chi connectivity index (χ1v) is 11.9. The van der Waals surface area contributed by atoms with Gasteiger partial charge in [0.25, 0.3) is 5.91 Å². The van der Waals surface area contributed by atoms with Crippen LogP contribution in [0.2, 0.25) is 10.0 Å². The maximum atomic E-state index is 13.1. The second-order valence-electron chi connectivity index (χ2n) is 8.24. The Morgan fingerprint density at radius 3 is 2.60 bits per heavy atom. The van der Waals surface area contributed by atoms with Crippen molar-refractivity contribution in [1.29, 1.82) is 0 Å². The fourth-order valence-electron chi connectivity index (χ4n) is 4.08. The van der Waals surface area contributed by atoms with Crippen molar-refractivity contribution < 1.29 is 23.9 Å². The van der Waals surface area contributed by atoms with Gasteiger partial charge in [-0.15, -0.1) is 0 Å². The first-order chi connectivity index (χ1) is 16.9. The van der Waals surface area contributed by atoms with Gasteiger partial charge in [0.15, 0.2) is 0 Å². The quantitative estimate of drug-likeness (QED) is 0.591. The third kappa shape index (κ3) is 6.02. The van der Waals surface area contributed by atoms with E-state index in [0.29, 0.717) is 41.8 Å². The van der Waals surface area contributed by atoms with Crippen molar-refractivity contribution in [2.45, 2.75) is 18.6 Å². The Morgan fingerprint density at radius 1 is 1.14 bits per heavy atom. The number of likely N-dealkylation sites (tertiary alicyclic amines) is 1. The fourth-order valence-corrected chi connectivity index (χ4v) is 4.39. The zero-order chi connectivity index (χ0) is 24.9. The van der Waals surface area contributed by atoms with Crippen LogP contribution in [-0.2, 0) is 23.9 Å². The molecule has 0 unspecified atom stereocenters. The molecule has 184 valence electrons. The molecule has 8 nitrogen and oxygen atoms in total. The Balaban J connectivity index is 1.43. The van der Waals surface area contributed by atoms with E-state index in [1.165, 1.54) is 11.0 Å². The molecule has 4 rings (SSSR count). The molecule has 0 bridgehead atoms. The van der Waals surface area contributed by atoms with Gasteiger partial charge in [-0.05, 0) is 48.0 Å². The minimum atomic E-state index is -0.689. The average Bonchev–Trinajstić information content (AvgIpc) is 3.30. The predicted molar refractivity (Wildman–Crippen MR) is 135 cm³/mol. The van der Waals surface area contributed by atoms with Gasteiger partial charge in [-0.2, -0.15) is 0 Å². The topological polar surface area (TPSA) is 88.2 Å². The Kier molecular flexibility index (Phi) is 8.07. The zero-order valence-corrected chi connectivity index (χ0v) is 20.6. The molecule has 0 aromatic heterocycles. The van der Waals surface area contributed by atoms with Crippen molar-refractivity contribution in [3.8, 4) is 0 Å². The van der Waals surface area contributed by atoms with E-state index >= 15 is 0 Å². The second kappa shape index (κ2) is 11.2. The first-order valence-electron chi connectivity index (χ1n) is 11.1. The Labute approximate surface area is 213 Å². The summed E-state index contributed by atoms with van der Waals surface area (Å²) in [5.74, 6) is -0.722. The van der Waals surface area contributed by atoms with Crippen molar-refractivity contribution >= 4 is 58.4 Å². The molecule has 0 saturated carbocycles. The molecule has 2 fully saturated rings. The maximum absolute atomic E-state index is 13.1. The molecule has 2 aliphatic rings. The highest BCUT2D eigenvalue weighted by Gasteiger charge is 2.39. The molecule has 2 aromatic rings. The number of methoxy groups -OCH3 is 1. The van der Waals surface area contributed by atoms with E-state index in [1.807, 2.05) is 0 Å². The number of morpholine rings is 1. The first kappa shape index (κ1) is 25.2. The van der Waals surface area contributed by atoms with Crippen LogP contribution in [0.15, 0.2) is 48.5 Å². The molecule has 0 spiro atoms. The highest BCUT2D eigenvalue weighted by molar-refractivity contribution is 6.42. The van der Waals surface area contributed by atoms with E-state index in [0.717, 1.165) is 11.3 Å². The third-order valence-corrected chi connectivity index (χ3v) is 6.72. The van der Waals surface area contributed by atoms with E-state index in [-0.39, 0.29) is 30.4 Å². The Bertz CT molecular complexity index is 1140. The predicted octanol–water partition coefficient (Wildman–Crippen LogP) is 3.62. The highest BCUT2D eigenvalue weighted by Crippen LogP contribution is 2.25. The van der Waals surface area contributed by atoms with Gasteiger partial charge in [-0.25, -0.2) is 0 Å². The largest absolute Gasteiger partial charge is 0.380 e. The van der Waals surface area contributed by atoms with Crippen molar-refractivity contribution in [1.82, 2.24) is 4.90 Å². The summed E-state index contributed by atoms with van der Waals surface area (Å²) in [6.07, 6.45) is 3.18. The molecule has 2 heterocycles. The van der Waals surface area contributed by atoms with Crippen LogP contribution in [0, 0.1) is 0 Å². The monoisotopic (exact) mass is 517 g/mol. The van der Waals surface area contributed by atoms with E-state index in [4.69, 9.17) is 32.7 Å². The van der Waals surface area contributed by atoms with Crippen LogP contribution in [-0.4, -0.2) is 68.2 Å². The summed E-state index contributed by atoms with van der Waals surface area (Å²) in [6.45, 7) is 1.33. The number of hydrogen-bond acceptors (Lipinski definition) is 5. The number of anilines is 2. The van der Waals surface area contributed by atoms with Gasteiger partial charge in [0.1, 0.15) is 12.6 Å². The smallest absolute Gasteiger partial charge is 0.253 e. The lowest BCUT2D eigenvalue weighted by Crippen LogP contribution is -2.42. The van der Waals surface area contributed by atoms with Crippen molar-refractivity contribution in [2.75, 3.05) is 43.6 Å². The molecule has 2 aromatic carbocycles. The van der Waals surface area contributed by atoms with Crippen LogP contribution in [0.1, 0.15) is 12.0 Å². The number of carbonyl (C=O) groups excluding carboxylic acids is 3. The standard InChI is InChI=1S/C25H25Cl2N3O5/c1-34-19-13-22(30(14-19)23(31)9-3-16-2-8-20(26)21(27)12-16)25(33)28-17-4-6-18(7-5-17)29-10-11-35-15-24(29)32/h2-9,12,19,22H,10-11,13-15H2,1H3,(H,28,33)/b9-3+/t19-,22-/m1/s1. The van der Waals surface area contributed by atoms with Gasteiger partial charge in [0.2, 0.25) is 11.8 Å². The van der Waals surface area contributed by atoms with Gasteiger partial charge in [-0.1, -0.05) is 29.3 Å². The van der Waals surface area contributed by atoms with Crippen LogP contribution in [0.5, 0.6) is 0 Å². The maximum Gasteiger partial charge on any atom is 0.253 e.